The van der Waals surface area contributed by atoms with Gasteiger partial charge in [0, 0.05) is 23.6 Å². The Morgan fingerprint density at radius 2 is 1.90 bits per heavy atom. The Morgan fingerprint density at radius 1 is 1.10 bits per heavy atom. The smallest absolute Gasteiger partial charge is 0.132 e. The van der Waals surface area contributed by atoms with Gasteiger partial charge in [0.25, 0.3) is 0 Å². The van der Waals surface area contributed by atoms with E-state index in [2.05, 4.69) is 4.98 Å². The zero-order valence-electron chi connectivity index (χ0n) is 10.5. The van der Waals surface area contributed by atoms with Crippen LogP contribution in [-0.2, 0) is 0 Å². The zero-order valence-corrected chi connectivity index (χ0v) is 10.5. The van der Waals surface area contributed by atoms with Crippen molar-refractivity contribution in [3.05, 3.63) is 72.6 Å². The lowest BCUT2D eigenvalue weighted by Crippen LogP contribution is -1.90. The summed E-state index contributed by atoms with van der Waals surface area (Å²) in [7, 11) is 0. The van der Waals surface area contributed by atoms with Crippen molar-refractivity contribution < 1.29 is 4.39 Å². The van der Waals surface area contributed by atoms with E-state index in [1.807, 2.05) is 41.1 Å². The van der Waals surface area contributed by atoms with Crippen molar-refractivity contribution in [1.82, 2.24) is 9.55 Å². The van der Waals surface area contributed by atoms with Gasteiger partial charge < -0.3 is 4.57 Å². The molecule has 0 saturated carbocycles. The SMILES string of the molecule is N#Cc1ccc(-c2ccc(-n3ccnc3)cc2)c(F)c1. The van der Waals surface area contributed by atoms with Crippen LogP contribution in [0.3, 0.4) is 0 Å². The van der Waals surface area contributed by atoms with Gasteiger partial charge in [-0.3, -0.25) is 0 Å². The Kier molecular flexibility index (Phi) is 3.02. The fourth-order valence-electron chi connectivity index (χ4n) is 2.04. The van der Waals surface area contributed by atoms with Gasteiger partial charge in [-0.05, 0) is 29.8 Å². The van der Waals surface area contributed by atoms with Gasteiger partial charge in [0.1, 0.15) is 5.82 Å². The number of halogens is 1. The molecule has 2 aromatic carbocycles. The van der Waals surface area contributed by atoms with E-state index in [4.69, 9.17) is 5.26 Å². The van der Waals surface area contributed by atoms with Crippen LogP contribution >= 0.6 is 0 Å². The first-order valence-electron chi connectivity index (χ1n) is 6.06. The van der Waals surface area contributed by atoms with E-state index >= 15 is 0 Å². The minimum absolute atomic E-state index is 0.321. The van der Waals surface area contributed by atoms with Gasteiger partial charge >= 0.3 is 0 Å². The van der Waals surface area contributed by atoms with Gasteiger partial charge in [0.05, 0.1) is 18.0 Å². The summed E-state index contributed by atoms with van der Waals surface area (Å²) in [6, 6.07) is 13.9. The second-order valence-electron chi connectivity index (χ2n) is 4.32. The standard InChI is InChI=1S/C16H10FN3/c17-16-9-12(10-18)1-6-15(16)13-2-4-14(5-3-13)20-8-7-19-11-20/h1-9,11H. The summed E-state index contributed by atoms with van der Waals surface area (Å²) < 4.78 is 15.8. The van der Waals surface area contributed by atoms with Crippen molar-refractivity contribution in [1.29, 1.82) is 5.26 Å². The summed E-state index contributed by atoms with van der Waals surface area (Å²) in [6.45, 7) is 0. The van der Waals surface area contributed by atoms with Crippen molar-refractivity contribution in [3.63, 3.8) is 0 Å². The van der Waals surface area contributed by atoms with E-state index in [0.29, 0.717) is 11.1 Å². The monoisotopic (exact) mass is 263 g/mol. The Balaban J connectivity index is 1.98. The number of imidazole rings is 1. The molecular formula is C16H10FN3. The van der Waals surface area contributed by atoms with Crippen molar-refractivity contribution in [2.75, 3.05) is 0 Å². The van der Waals surface area contributed by atoms with Crippen LogP contribution in [0.5, 0.6) is 0 Å². The Bertz CT molecular complexity index is 768. The minimum atomic E-state index is -0.389. The maximum Gasteiger partial charge on any atom is 0.132 e. The second kappa shape index (κ2) is 4.98. The van der Waals surface area contributed by atoms with Crippen LogP contribution in [0.15, 0.2) is 61.2 Å². The summed E-state index contributed by atoms with van der Waals surface area (Å²) in [5.74, 6) is -0.389. The van der Waals surface area contributed by atoms with E-state index in [1.165, 1.54) is 6.07 Å². The van der Waals surface area contributed by atoms with Crippen molar-refractivity contribution in [2.24, 2.45) is 0 Å². The highest BCUT2D eigenvalue weighted by Gasteiger charge is 2.06. The summed E-state index contributed by atoms with van der Waals surface area (Å²) >= 11 is 0. The molecule has 3 rings (SSSR count). The highest BCUT2D eigenvalue weighted by Crippen LogP contribution is 2.24. The molecule has 3 nitrogen and oxygen atoms in total. The quantitative estimate of drug-likeness (QED) is 0.709. The first kappa shape index (κ1) is 12.1. The van der Waals surface area contributed by atoms with E-state index < -0.39 is 0 Å². The summed E-state index contributed by atoms with van der Waals surface area (Å²) in [4.78, 5) is 3.98. The Morgan fingerprint density at radius 3 is 2.50 bits per heavy atom. The van der Waals surface area contributed by atoms with Crippen LogP contribution in [0.25, 0.3) is 16.8 Å². The summed E-state index contributed by atoms with van der Waals surface area (Å²) in [5, 5.41) is 8.74. The number of hydrogen-bond donors (Lipinski definition) is 0. The molecule has 1 heterocycles. The molecule has 0 unspecified atom stereocenters. The second-order valence-corrected chi connectivity index (χ2v) is 4.32. The molecule has 0 amide bonds. The minimum Gasteiger partial charge on any atom is -0.306 e. The van der Waals surface area contributed by atoms with Crippen molar-refractivity contribution in [3.8, 4) is 22.9 Å². The Labute approximate surface area is 115 Å². The maximum absolute atomic E-state index is 13.9. The molecule has 0 spiro atoms. The Hall–Kier alpha value is -2.93. The molecule has 0 aliphatic heterocycles. The fraction of sp³-hybridized carbons (Fsp3) is 0. The van der Waals surface area contributed by atoms with Gasteiger partial charge in [0.2, 0.25) is 0 Å². The van der Waals surface area contributed by atoms with E-state index in [-0.39, 0.29) is 5.82 Å². The van der Waals surface area contributed by atoms with Gasteiger partial charge in [-0.15, -0.1) is 0 Å². The highest BCUT2D eigenvalue weighted by atomic mass is 19.1. The van der Waals surface area contributed by atoms with Crippen LogP contribution in [0.1, 0.15) is 5.56 Å². The molecular weight excluding hydrogens is 253 g/mol. The largest absolute Gasteiger partial charge is 0.306 e. The van der Waals surface area contributed by atoms with Crippen LogP contribution in [0.2, 0.25) is 0 Å². The zero-order chi connectivity index (χ0) is 13.9. The molecule has 0 bridgehead atoms. The van der Waals surface area contributed by atoms with Crippen molar-refractivity contribution in [2.45, 2.75) is 0 Å². The van der Waals surface area contributed by atoms with Gasteiger partial charge in [-0.1, -0.05) is 18.2 Å². The predicted octanol–water partition coefficient (Wildman–Crippen LogP) is 3.55. The number of aromatic nitrogens is 2. The molecule has 0 N–H and O–H groups in total. The van der Waals surface area contributed by atoms with Crippen LogP contribution < -0.4 is 0 Å². The third-order valence-electron chi connectivity index (χ3n) is 3.08. The number of nitrogens with zero attached hydrogens (tertiary/aromatic N) is 3. The first-order valence-corrected chi connectivity index (χ1v) is 6.06. The molecule has 20 heavy (non-hydrogen) atoms. The molecule has 1 aromatic heterocycles. The van der Waals surface area contributed by atoms with Crippen LogP contribution in [0.4, 0.5) is 4.39 Å². The number of hydrogen-bond acceptors (Lipinski definition) is 2. The van der Waals surface area contributed by atoms with Crippen molar-refractivity contribution >= 4 is 0 Å². The topological polar surface area (TPSA) is 41.6 Å². The molecule has 96 valence electrons. The third kappa shape index (κ3) is 2.17. The maximum atomic E-state index is 13.9. The van der Waals surface area contributed by atoms with E-state index in [9.17, 15) is 4.39 Å². The summed E-state index contributed by atoms with van der Waals surface area (Å²) in [5.41, 5.74) is 2.54. The van der Waals surface area contributed by atoms with Crippen LogP contribution in [-0.4, -0.2) is 9.55 Å². The van der Waals surface area contributed by atoms with Gasteiger partial charge in [0.15, 0.2) is 0 Å². The first-order chi connectivity index (χ1) is 9.78. The summed E-state index contributed by atoms with van der Waals surface area (Å²) in [6.07, 6.45) is 5.25. The molecule has 0 saturated heterocycles. The molecule has 0 atom stereocenters. The van der Waals surface area contributed by atoms with Gasteiger partial charge in [-0.25, -0.2) is 9.37 Å². The third-order valence-corrected chi connectivity index (χ3v) is 3.08. The predicted molar refractivity (Wildman–Crippen MR) is 73.7 cm³/mol. The highest BCUT2D eigenvalue weighted by molar-refractivity contribution is 5.66. The molecule has 3 aromatic rings. The molecule has 0 aliphatic carbocycles. The van der Waals surface area contributed by atoms with Crippen LogP contribution in [0, 0.1) is 17.1 Å². The van der Waals surface area contributed by atoms with Gasteiger partial charge in [-0.2, -0.15) is 5.26 Å². The number of rotatable bonds is 2. The molecule has 0 radical (unpaired) electrons. The molecule has 4 heteroatoms. The average molecular weight is 263 g/mol. The molecule has 0 aliphatic rings. The lowest BCUT2D eigenvalue weighted by Gasteiger charge is -2.06. The lowest BCUT2D eigenvalue weighted by atomic mass is 10.0. The van der Waals surface area contributed by atoms with E-state index in [1.54, 1.807) is 24.7 Å². The molecule has 0 fully saturated rings. The normalized spacial score (nSPS) is 10.2. The number of benzene rings is 2. The lowest BCUT2D eigenvalue weighted by molar-refractivity contribution is 0.631. The number of nitriles is 1. The average Bonchev–Trinajstić information content (AvgIpc) is 3.01. The fourth-order valence-corrected chi connectivity index (χ4v) is 2.04. The van der Waals surface area contributed by atoms with E-state index in [0.717, 1.165) is 11.3 Å².